The predicted molar refractivity (Wildman–Crippen MR) is 262 cm³/mol. The third-order valence-corrected chi connectivity index (χ3v) is 11.6. The van der Waals surface area contributed by atoms with Crippen molar-refractivity contribution in [2.75, 3.05) is 0 Å². The lowest BCUT2D eigenvalue weighted by Crippen LogP contribution is -2.00. The largest absolute Gasteiger partial charge is 0.228 e. The van der Waals surface area contributed by atoms with E-state index in [0.717, 1.165) is 67.0 Å². The van der Waals surface area contributed by atoms with E-state index in [2.05, 4.69) is 164 Å². The van der Waals surface area contributed by atoms with Crippen molar-refractivity contribution >= 4 is 10.8 Å². The molecule has 0 spiro atoms. The van der Waals surface area contributed by atoms with Gasteiger partial charge in [0.05, 0.1) is 11.4 Å². The smallest absolute Gasteiger partial charge is 0.164 e. The van der Waals surface area contributed by atoms with Gasteiger partial charge in [-0.25, -0.2) is 24.9 Å². The molecule has 0 fully saturated rings. The Kier molecular flexibility index (Phi) is 10.2. The van der Waals surface area contributed by atoms with Crippen molar-refractivity contribution in [3.05, 3.63) is 237 Å². The molecule has 300 valence electrons. The van der Waals surface area contributed by atoms with Gasteiger partial charge in [-0.2, -0.15) is 0 Å². The van der Waals surface area contributed by atoms with Gasteiger partial charge in [-0.3, -0.25) is 0 Å². The summed E-state index contributed by atoms with van der Waals surface area (Å²) in [6, 6.07) is 81.9. The first-order valence-electron chi connectivity index (χ1n) is 21.4. The molecule has 2 aromatic heterocycles. The maximum atomic E-state index is 5.04. The maximum Gasteiger partial charge on any atom is 0.164 e. The van der Waals surface area contributed by atoms with Crippen LogP contribution >= 0.6 is 0 Å². The first-order chi connectivity index (χ1) is 31.7. The van der Waals surface area contributed by atoms with Crippen LogP contribution in [0.3, 0.4) is 0 Å². The van der Waals surface area contributed by atoms with Crippen LogP contribution in [0.5, 0.6) is 0 Å². The monoisotopic (exact) mass is 817 g/mol. The topological polar surface area (TPSA) is 64.5 Å². The molecule has 0 saturated carbocycles. The molecule has 0 saturated heterocycles. The molecule has 2 heterocycles. The van der Waals surface area contributed by atoms with Gasteiger partial charge in [0, 0.05) is 33.4 Å². The van der Waals surface area contributed by atoms with Crippen molar-refractivity contribution in [2.24, 2.45) is 0 Å². The summed E-state index contributed by atoms with van der Waals surface area (Å²) in [5.74, 6) is 2.61. The Morgan fingerprint density at radius 3 is 1.06 bits per heavy atom. The van der Waals surface area contributed by atoms with Gasteiger partial charge in [-0.05, 0) is 56.3 Å². The predicted octanol–water partition coefficient (Wildman–Crippen LogP) is 14.8. The van der Waals surface area contributed by atoms with E-state index in [4.69, 9.17) is 24.9 Å². The summed E-state index contributed by atoms with van der Waals surface area (Å²) in [6.45, 7) is 0. The first-order valence-corrected chi connectivity index (χ1v) is 21.4. The summed E-state index contributed by atoms with van der Waals surface area (Å²) in [5, 5.41) is 2.37. The molecule has 5 heteroatoms. The molecule has 0 unspecified atom stereocenters. The molecular weight excluding hydrogens is 779 g/mol. The highest BCUT2D eigenvalue weighted by atomic mass is 15.0. The highest BCUT2D eigenvalue weighted by Crippen LogP contribution is 2.35. The van der Waals surface area contributed by atoms with Gasteiger partial charge in [0.1, 0.15) is 0 Å². The van der Waals surface area contributed by atoms with Gasteiger partial charge in [-0.15, -0.1) is 0 Å². The van der Waals surface area contributed by atoms with Crippen LogP contribution in [0.25, 0.3) is 112 Å². The SMILES string of the molecule is c1ccc(-c2ccc(-c3nc(-c4ccccc4)nc(-c4ccc(-c5ccc6c(-c7ccc(-c8cc(-c9ccccc9)nc(-c9ccccc9)n8)cc7)cccc6c5)cc4)n3)cc2)cc1. The van der Waals surface area contributed by atoms with E-state index < -0.39 is 0 Å². The van der Waals surface area contributed by atoms with Crippen LogP contribution in [0.2, 0.25) is 0 Å². The third-order valence-electron chi connectivity index (χ3n) is 11.6. The minimum absolute atomic E-state index is 0.629. The van der Waals surface area contributed by atoms with Crippen LogP contribution in [0.1, 0.15) is 0 Å². The van der Waals surface area contributed by atoms with Gasteiger partial charge in [0.25, 0.3) is 0 Å². The van der Waals surface area contributed by atoms with Crippen molar-refractivity contribution in [1.82, 2.24) is 24.9 Å². The van der Waals surface area contributed by atoms with E-state index in [1.807, 2.05) is 72.8 Å². The van der Waals surface area contributed by atoms with Crippen LogP contribution in [-0.4, -0.2) is 24.9 Å². The fourth-order valence-electron chi connectivity index (χ4n) is 8.21. The molecule has 0 bridgehead atoms. The standard InChI is InChI=1S/C59H39N5/c1-5-14-40(15-6-1)41-24-32-48(33-25-41)58-62-57(47-20-11-4-12-21-47)63-59(64-58)49-34-26-42(27-35-49)50-36-37-53-51(38-50)22-13-23-52(53)43-28-30-45(31-29-43)55-39-54(44-16-7-2-8-17-44)60-56(61-55)46-18-9-3-10-19-46/h1-39H. The normalized spacial score (nSPS) is 11.1. The molecule has 5 nitrogen and oxygen atoms in total. The average molecular weight is 818 g/mol. The van der Waals surface area contributed by atoms with Gasteiger partial charge in [0.2, 0.25) is 0 Å². The molecule has 0 radical (unpaired) electrons. The number of hydrogen-bond donors (Lipinski definition) is 0. The molecule has 0 N–H and O–H groups in total. The van der Waals surface area contributed by atoms with E-state index in [1.54, 1.807) is 0 Å². The second-order valence-electron chi connectivity index (χ2n) is 15.7. The Hall–Kier alpha value is -8.67. The lowest BCUT2D eigenvalue weighted by atomic mass is 9.94. The molecule has 0 atom stereocenters. The Morgan fingerprint density at radius 1 is 0.203 bits per heavy atom. The number of aromatic nitrogens is 5. The maximum absolute atomic E-state index is 5.04. The lowest BCUT2D eigenvalue weighted by molar-refractivity contribution is 1.07. The second kappa shape index (κ2) is 17.0. The van der Waals surface area contributed by atoms with Crippen LogP contribution in [0.4, 0.5) is 0 Å². The number of rotatable bonds is 9. The molecule has 0 aliphatic rings. The fraction of sp³-hybridized carbons (Fsp3) is 0. The fourth-order valence-corrected chi connectivity index (χ4v) is 8.21. The van der Waals surface area contributed by atoms with Crippen LogP contribution < -0.4 is 0 Å². The Labute approximate surface area is 372 Å². The van der Waals surface area contributed by atoms with Crippen molar-refractivity contribution in [1.29, 1.82) is 0 Å². The van der Waals surface area contributed by atoms with E-state index in [9.17, 15) is 0 Å². The van der Waals surface area contributed by atoms with E-state index in [-0.39, 0.29) is 0 Å². The number of benzene rings is 9. The molecule has 0 amide bonds. The molecule has 11 aromatic rings. The number of hydrogen-bond acceptors (Lipinski definition) is 5. The van der Waals surface area contributed by atoms with Gasteiger partial charge < -0.3 is 0 Å². The van der Waals surface area contributed by atoms with E-state index >= 15 is 0 Å². The second-order valence-corrected chi connectivity index (χ2v) is 15.7. The highest BCUT2D eigenvalue weighted by molar-refractivity contribution is 5.99. The van der Waals surface area contributed by atoms with E-state index in [1.165, 1.54) is 21.9 Å². The van der Waals surface area contributed by atoms with Crippen molar-refractivity contribution < 1.29 is 0 Å². The summed E-state index contributed by atoms with van der Waals surface area (Å²) in [7, 11) is 0. The third kappa shape index (κ3) is 7.86. The average Bonchev–Trinajstić information content (AvgIpc) is 3.39. The Bertz CT molecular complexity index is 3320. The molecule has 64 heavy (non-hydrogen) atoms. The van der Waals surface area contributed by atoms with E-state index in [0.29, 0.717) is 23.3 Å². The number of nitrogens with zero attached hydrogens (tertiary/aromatic N) is 5. The minimum Gasteiger partial charge on any atom is -0.228 e. The lowest BCUT2D eigenvalue weighted by Gasteiger charge is -2.12. The first kappa shape index (κ1) is 38.3. The summed E-state index contributed by atoms with van der Waals surface area (Å²) < 4.78 is 0. The summed E-state index contributed by atoms with van der Waals surface area (Å²) in [5.41, 5.74) is 14.5. The van der Waals surface area contributed by atoms with Crippen LogP contribution in [0.15, 0.2) is 237 Å². The summed E-state index contributed by atoms with van der Waals surface area (Å²) >= 11 is 0. The summed E-state index contributed by atoms with van der Waals surface area (Å²) in [6.07, 6.45) is 0. The highest BCUT2D eigenvalue weighted by Gasteiger charge is 2.15. The number of fused-ring (bicyclic) bond motifs is 1. The Morgan fingerprint density at radius 2 is 0.547 bits per heavy atom. The quantitative estimate of drug-likeness (QED) is 0.145. The van der Waals surface area contributed by atoms with Gasteiger partial charge >= 0.3 is 0 Å². The summed E-state index contributed by atoms with van der Waals surface area (Å²) in [4.78, 5) is 24.9. The zero-order valence-corrected chi connectivity index (χ0v) is 34.8. The molecular formula is C59H39N5. The zero-order chi connectivity index (χ0) is 42.7. The zero-order valence-electron chi connectivity index (χ0n) is 34.8. The van der Waals surface area contributed by atoms with Crippen molar-refractivity contribution in [2.45, 2.75) is 0 Å². The molecule has 11 rings (SSSR count). The molecule has 0 aliphatic carbocycles. The van der Waals surface area contributed by atoms with Crippen molar-refractivity contribution in [3.63, 3.8) is 0 Å². The molecule has 0 aliphatic heterocycles. The van der Waals surface area contributed by atoms with Crippen LogP contribution in [0, 0.1) is 0 Å². The van der Waals surface area contributed by atoms with Gasteiger partial charge in [-0.1, -0.05) is 224 Å². The minimum atomic E-state index is 0.629. The van der Waals surface area contributed by atoms with Gasteiger partial charge in [0.15, 0.2) is 23.3 Å². The van der Waals surface area contributed by atoms with Crippen LogP contribution in [-0.2, 0) is 0 Å². The Balaban J connectivity index is 0.880. The van der Waals surface area contributed by atoms with Crippen molar-refractivity contribution in [3.8, 4) is 101 Å². The molecule has 9 aromatic carbocycles.